The number of carboxylic acids is 1. The Kier molecular flexibility index (Phi) is 2.58. The largest absolute Gasteiger partial charge is 0.476 e. The van der Waals surface area contributed by atoms with Crippen LogP contribution in [0.4, 0.5) is 5.69 Å². The Bertz CT molecular complexity index is 411. The second-order valence-corrected chi connectivity index (χ2v) is 4.83. The number of hydrogen-bond acceptors (Lipinski definition) is 3. The monoisotopic (exact) mass is 220 g/mol. The molecule has 1 saturated carbocycles. The van der Waals surface area contributed by atoms with Crippen LogP contribution < -0.4 is 5.32 Å². The number of carbonyl (C=O) groups is 1. The van der Waals surface area contributed by atoms with E-state index in [0.29, 0.717) is 11.6 Å². The zero-order chi connectivity index (χ0) is 11.8. The third-order valence-electron chi connectivity index (χ3n) is 3.07. The van der Waals surface area contributed by atoms with Gasteiger partial charge in [-0.1, -0.05) is 0 Å². The third-order valence-corrected chi connectivity index (χ3v) is 3.07. The molecule has 0 saturated heterocycles. The highest BCUT2D eigenvalue weighted by molar-refractivity contribution is 5.91. The fraction of sp³-hybridized carbons (Fsp3) is 0.500. The number of hydrogen-bond donors (Lipinski definition) is 2. The predicted molar refractivity (Wildman–Crippen MR) is 61.6 cm³/mol. The first kappa shape index (κ1) is 10.9. The summed E-state index contributed by atoms with van der Waals surface area (Å²) in [6.45, 7) is 4.20. The maximum Gasteiger partial charge on any atom is 0.356 e. The lowest BCUT2D eigenvalue weighted by molar-refractivity contribution is 0.0691. The second-order valence-electron chi connectivity index (χ2n) is 4.83. The number of anilines is 1. The molecule has 0 aliphatic heterocycles. The maximum absolute atomic E-state index is 11.0. The summed E-state index contributed by atoms with van der Waals surface area (Å²) in [7, 11) is 0. The highest BCUT2D eigenvalue weighted by atomic mass is 16.4. The Morgan fingerprint density at radius 3 is 2.81 bits per heavy atom. The molecular weight excluding hydrogens is 204 g/mol. The summed E-state index contributed by atoms with van der Waals surface area (Å²) >= 11 is 0. The van der Waals surface area contributed by atoms with Crippen LogP contribution in [0.25, 0.3) is 0 Å². The van der Waals surface area contributed by atoms with E-state index in [-0.39, 0.29) is 11.2 Å². The van der Waals surface area contributed by atoms with Gasteiger partial charge in [-0.2, -0.15) is 0 Å². The molecule has 2 rings (SSSR count). The van der Waals surface area contributed by atoms with Crippen molar-refractivity contribution in [2.75, 3.05) is 5.32 Å². The molecule has 0 aromatic carbocycles. The molecule has 4 nitrogen and oxygen atoms in total. The average molecular weight is 220 g/mol. The summed E-state index contributed by atoms with van der Waals surface area (Å²) < 4.78 is 0. The number of nitrogens with one attached hydrogen (secondary N) is 1. The standard InChI is InChI=1S/C12H16N2O2/c1-12(2,8-5-6-8)14-9-4-3-7-13-10(9)11(15)16/h3-4,7-8,14H,5-6H2,1-2H3,(H,15,16). The van der Waals surface area contributed by atoms with Crippen LogP contribution in [0.1, 0.15) is 37.2 Å². The molecule has 1 heterocycles. The highest BCUT2D eigenvalue weighted by Gasteiger charge is 2.38. The molecule has 16 heavy (non-hydrogen) atoms. The van der Waals surface area contributed by atoms with Crippen LogP contribution >= 0.6 is 0 Å². The van der Waals surface area contributed by atoms with Crippen molar-refractivity contribution >= 4 is 11.7 Å². The van der Waals surface area contributed by atoms with Crippen molar-refractivity contribution in [3.8, 4) is 0 Å². The summed E-state index contributed by atoms with van der Waals surface area (Å²) in [5.74, 6) is -0.357. The molecule has 1 aliphatic carbocycles. The highest BCUT2D eigenvalue weighted by Crippen LogP contribution is 2.41. The molecule has 0 unspecified atom stereocenters. The topological polar surface area (TPSA) is 62.2 Å². The van der Waals surface area contributed by atoms with E-state index in [1.165, 1.54) is 19.0 Å². The minimum Gasteiger partial charge on any atom is -0.476 e. The molecule has 0 bridgehead atoms. The minimum atomic E-state index is -0.991. The molecule has 0 radical (unpaired) electrons. The molecule has 0 amide bonds. The molecule has 1 fully saturated rings. The van der Waals surface area contributed by atoms with Crippen molar-refractivity contribution in [2.24, 2.45) is 5.92 Å². The first-order valence-corrected chi connectivity index (χ1v) is 5.47. The van der Waals surface area contributed by atoms with Crippen LogP contribution in [0.15, 0.2) is 18.3 Å². The van der Waals surface area contributed by atoms with E-state index in [1.54, 1.807) is 12.1 Å². The Morgan fingerprint density at radius 2 is 2.25 bits per heavy atom. The third kappa shape index (κ3) is 2.15. The first-order valence-electron chi connectivity index (χ1n) is 5.47. The van der Waals surface area contributed by atoms with Crippen molar-refractivity contribution in [1.82, 2.24) is 4.98 Å². The van der Waals surface area contributed by atoms with Gasteiger partial charge in [0.15, 0.2) is 5.69 Å². The van der Waals surface area contributed by atoms with Crippen LogP contribution in [-0.4, -0.2) is 21.6 Å². The van der Waals surface area contributed by atoms with Gasteiger partial charge in [0.25, 0.3) is 0 Å². The maximum atomic E-state index is 11.0. The van der Waals surface area contributed by atoms with E-state index >= 15 is 0 Å². The summed E-state index contributed by atoms with van der Waals surface area (Å²) in [6.07, 6.45) is 3.92. The van der Waals surface area contributed by atoms with Gasteiger partial charge in [-0.3, -0.25) is 0 Å². The molecule has 2 N–H and O–H groups in total. The number of carboxylic acid groups (broad SMARTS) is 1. The number of aromatic nitrogens is 1. The summed E-state index contributed by atoms with van der Waals surface area (Å²) in [5, 5.41) is 12.3. The zero-order valence-corrected chi connectivity index (χ0v) is 9.53. The molecule has 0 atom stereocenters. The number of pyridine rings is 1. The van der Waals surface area contributed by atoms with Crippen molar-refractivity contribution < 1.29 is 9.90 Å². The van der Waals surface area contributed by atoms with Crippen molar-refractivity contribution in [3.63, 3.8) is 0 Å². The SMILES string of the molecule is CC(C)(Nc1cccnc1C(=O)O)C1CC1. The molecule has 0 spiro atoms. The Hall–Kier alpha value is -1.58. The van der Waals surface area contributed by atoms with Crippen LogP contribution in [0.3, 0.4) is 0 Å². The fourth-order valence-corrected chi connectivity index (χ4v) is 1.93. The predicted octanol–water partition coefficient (Wildman–Crippen LogP) is 2.38. The van der Waals surface area contributed by atoms with Gasteiger partial charge in [-0.25, -0.2) is 9.78 Å². The fourth-order valence-electron chi connectivity index (χ4n) is 1.93. The van der Waals surface area contributed by atoms with Gasteiger partial charge in [-0.15, -0.1) is 0 Å². The van der Waals surface area contributed by atoms with Crippen LogP contribution in [-0.2, 0) is 0 Å². The van der Waals surface area contributed by atoms with Gasteiger partial charge >= 0.3 is 5.97 Å². The quantitative estimate of drug-likeness (QED) is 0.817. The van der Waals surface area contributed by atoms with E-state index in [4.69, 9.17) is 5.11 Å². The van der Waals surface area contributed by atoms with Crippen LogP contribution in [0.5, 0.6) is 0 Å². The van der Waals surface area contributed by atoms with Gasteiger partial charge in [-0.05, 0) is 44.7 Å². The summed E-state index contributed by atoms with van der Waals surface area (Å²) in [5.41, 5.74) is 0.635. The molecular formula is C12H16N2O2. The average Bonchev–Trinajstić information content (AvgIpc) is 3.00. The lowest BCUT2D eigenvalue weighted by Crippen LogP contribution is -2.34. The van der Waals surface area contributed by atoms with E-state index in [1.807, 2.05) is 0 Å². The number of nitrogens with zero attached hydrogens (tertiary/aromatic N) is 1. The molecule has 1 aromatic heterocycles. The summed E-state index contributed by atoms with van der Waals surface area (Å²) in [6, 6.07) is 3.51. The summed E-state index contributed by atoms with van der Waals surface area (Å²) in [4.78, 5) is 14.9. The molecule has 1 aliphatic rings. The molecule has 4 heteroatoms. The van der Waals surface area contributed by atoms with Crippen molar-refractivity contribution in [3.05, 3.63) is 24.0 Å². The molecule has 86 valence electrons. The smallest absolute Gasteiger partial charge is 0.356 e. The van der Waals surface area contributed by atoms with E-state index in [2.05, 4.69) is 24.1 Å². The van der Waals surface area contributed by atoms with E-state index < -0.39 is 5.97 Å². The molecule has 1 aromatic rings. The van der Waals surface area contributed by atoms with Crippen molar-refractivity contribution in [2.45, 2.75) is 32.2 Å². The normalized spacial score (nSPS) is 15.9. The first-order chi connectivity index (χ1) is 7.50. The number of aromatic carboxylic acids is 1. The van der Waals surface area contributed by atoms with Gasteiger partial charge in [0.2, 0.25) is 0 Å². The van der Waals surface area contributed by atoms with E-state index in [0.717, 1.165) is 0 Å². The van der Waals surface area contributed by atoms with Gasteiger partial charge in [0.05, 0.1) is 5.69 Å². The van der Waals surface area contributed by atoms with Crippen LogP contribution in [0.2, 0.25) is 0 Å². The van der Waals surface area contributed by atoms with Crippen LogP contribution in [0, 0.1) is 5.92 Å². The van der Waals surface area contributed by atoms with E-state index in [9.17, 15) is 4.79 Å². The zero-order valence-electron chi connectivity index (χ0n) is 9.53. The minimum absolute atomic E-state index is 0.0623. The second kappa shape index (κ2) is 3.77. The Labute approximate surface area is 94.7 Å². The van der Waals surface area contributed by atoms with Gasteiger partial charge in [0.1, 0.15) is 0 Å². The Balaban J connectivity index is 2.23. The lowest BCUT2D eigenvalue weighted by Gasteiger charge is -2.28. The van der Waals surface area contributed by atoms with Crippen molar-refractivity contribution in [1.29, 1.82) is 0 Å². The Morgan fingerprint density at radius 1 is 1.56 bits per heavy atom. The van der Waals surface area contributed by atoms with Gasteiger partial charge < -0.3 is 10.4 Å². The van der Waals surface area contributed by atoms with Gasteiger partial charge in [0, 0.05) is 11.7 Å². The lowest BCUT2D eigenvalue weighted by atomic mass is 9.98. The number of rotatable bonds is 4.